The van der Waals surface area contributed by atoms with Gasteiger partial charge in [-0.05, 0) is 27.6 Å². The lowest BCUT2D eigenvalue weighted by Gasteiger charge is -2.08. The molecule has 1 heterocycles. The average Bonchev–Trinajstić information content (AvgIpc) is 2.48. The first-order valence-corrected chi connectivity index (χ1v) is 6.72. The summed E-state index contributed by atoms with van der Waals surface area (Å²) < 4.78 is 5.51. The number of rotatable bonds is 4. The van der Waals surface area contributed by atoms with E-state index in [2.05, 4.69) is 26.2 Å². The van der Waals surface area contributed by atoms with Crippen molar-refractivity contribution in [2.24, 2.45) is 0 Å². The van der Waals surface area contributed by atoms with E-state index in [1.165, 1.54) is 12.3 Å². The smallest absolute Gasteiger partial charge is 0.413 e. The predicted octanol–water partition coefficient (Wildman–Crippen LogP) is 3.29. The summed E-state index contributed by atoms with van der Waals surface area (Å²) in [7, 11) is 0. The Balaban J connectivity index is 2.01. The first kappa shape index (κ1) is 15.0. The van der Waals surface area contributed by atoms with Crippen molar-refractivity contribution < 1.29 is 19.4 Å². The summed E-state index contributed by atoms with van der Waals surface area (Å²) in [6, 6.07) is 10.5. The number of pyridine rings is 1. The molecule has 2 N–H and O–H groups in total. The number of anilines is 1. The number of amides is 1. The fraction of sp³-hybridized carbons (Fsp3) is 0.0714. The van der Waals surface area contributed by atoms with Crippen molar-refractivity contribution in [3.05, 3.63) is 58.2 Å². The van der Waals surface area contributed by atoms with Crippen LogP contribution in [0.25, 0.3) is 0 Å². The van der Waals surface area contributed by atoms with Crippen molar-refractivity contribution >= 4 is 33.8 Å². The van der Waals surface area contributed by atoms with Gasteiger partial charge in [-0.15, -0.1) is 0 Å². The van der Waals surface area contributed by atoms with Crippen molar-refractivity contribution in [2.45, 2.75) is 6.61 Å². The van der Waals surface area contributed by atoms with Crippen molar-refractivity contribution in [3.8, 4) is 0 Å². The van der Waals surface area contributed by atoms with Crippen molar-refractivity contribution in [2.75, 3.05) is 5.32 Å². The Morgan fingerprint density at radius 2 is 2.00 bits per heavy atom. The van der Waals surface area contributed by atoms with Crippen LogP contribution in [0.4, 0.5) is 10.6 Å². The van der Waals surface area contributed by atoms with Crippen LogP contribution in [0.5, 0.6) is 0 Å². The molecule has 0 saturated heterocycles. The number of hydrogen-bond acceptors (Lipinski definition) is 4. The van der Waals surface area contributed by atoms with Crippen molar-refractivity contribution in [1.82, 2.24) is 4.98 Å². The second kappa shape index (κ2) is 6.85. The lowest BCUT2D eigenvalue weighted by Crippen LogP contribution is -2.17. The minimum Gasteiger partial charge on any atom is -0.478 e. The van der Waals surface area contributed by atoms with Crippen LogP contribution in [-0.2, 0) is 11.3 Å². The van der Waals surface area contributed by atoms with E-state index in [0.717, 1.165) is 5.56 Å². The maximum Gasteiger partial charge on any atom is 0.413 e. The topological polar surface area (TPSA) is 88.5 Å². The first-order valence-electron chi connectivity index (χ1n) is 5.93. The molecule has 6 nitrogen and oxygen atoms in total. The number of halogens is 1. The van der Waals surface area contributed by atoms with E-state index in [1.807, 2.05) is 30.3 Å². The van der Waals surface area contributed by atoms with Crippen molar-refractivity contribution in [1.29, 1.82) is 0 Å². The second-order valence-corrected chi connectivity index (χ2v) is 4.96. The lowest BCUT2D eigenvalue weighted by molar-refractivity contribution is 0.0697. The Morgan fingerprint density at radius 3 is 2.67 bits per heavy atom. The number of nitrogens with zero attached hydrogens (tertiary/aromatic N) is 1. The monoisotopic (exact) mass is 350 g/mol. The summed E-state index contributed by atoms with van der Waals surface area (Å²) in [5.74, 6) is -1.26. The average molecular weight is 351 g/mol. The standard InChI is InChI=1S/C14H11BrN2O4/c15-10-6-11(13(18)19)12(16-7-10)17-14(20)21-8-9-4-2-1-3-5-9/h1-7H,8H2,(H,18,19)(H,16,17,20). The summed E-state index contributed by atoms with van der Waals surface area (Å²) >= 11 is 3.12. The van der Waals surface area contributed by atoms with Crippen LogP contribution in [0.1, 0.15) is 15.9 Å². The minimum atomic E-state index is -1.19. The van der Waals surface area contributed by atoms with Gasteiger partial charge in [0, 0.05) is 10.7 Å². The molecule has 0 atom stereocenters. The number of carbonyl (C=O) groups is 2. The van der Waals surface area contributed by atoms with Crippen LogP contribution in [0.15, 0.2) is 47.1 Å². The number of aromatic nitrogens is 1. The quantitative estimate of drug-likeness (QED) is 0.882. The molecule has 1 amide bonds. The zero-order valence-corrected chi connectivity index (χ0v) is 12.3. The molecular weight excluding hydrogens is 340 g/mol. The number of carboxylic acids is 1. The highest BCUT2D eigenvalue weighted by molar-refractivity contribution is 9.10. The Kier molecular flexibility index (Phi) is 4.89. The van der Waals surface area contributed by atoms with Gasteiger partial charge in [-0.1, -0.05) is 30.3 Å². The van der Waals surface area contributed by atoms with Gasteiger partial charge >= 0.3 is 12.1 Å². The fourth-order valence-electron chi connectivity index (χ4n) is 1.56. The molecule has 0 bridgehead atoms. The summed E-state index contributed by atoms with van der Waals surface area (Å²) in [5, 5.41) is 11.4. The maximum atomic E-state index is 11.7. The molecule has 0 fully saturated rings. The molecule has 2 aromatic rings. The van der Waals surface area contributed by atoms with Crippen LogP contribution < -0.4 is 5.32 Å². The van der Waals surface area contributed by atoms with Crippen LogP contribution in [-0.4, -0.2) is 22.2 Å². The van der Waals surface area contributed by atoms with Gasteiger partial charge in [0.1, 0.15) is 18.0 Å². The van der Waals surface area contributed by atoms with Gasteiger partial charge in [-0.25, -0.2) is 14.6 Å². The van der Waals surface area contributed by atoms with Crippen LogP contribution in [0, 0.1) is 0 Å². The number of ether oxygens (including phenoxy) is 1. The van der Waals surface area contributed by atoms with Gasteiger partial charge in [0.05, 0.1) is 0 Å². The SMILES string of the molecule is O=C(Nc1ncc(Br)cc1C(=O)O)OCc1ccccc1. The molecule has 0 aliphatic carbocycles. The second-order valence-electron chi connectivity index (χ2n) is 4.04. The zero-order chi connectivity index (χ0) is 15.2. The van der Waals surface area contributed by atoms with E-state index in [9.17, 15) is 9.59 Å². The summed E-state index contributed by atoms with van der Waals surface area (Å²) in [6.45, 7) is 0.0889. The molecular formula is C14H11BrN2O4. The van der Waals surface area contributed by atoms with Gasteiger partial charge in [0.25, 0.3) is 0 Å². The maximum absolute atomic E-state index is 11.7. The highest BCUT2D eigenvalue weighted by Crippen LogP contribution is 2.18. The molecule has 0 radical (unpaired) electrons. The summed E-state index contributed by atoms with van der Waals surface area (Å²) in [6.07, 6.45) is 0.621. The van der Waals surface area contributed by atoms with E-state index >= 15 is 0 Å². The number of nitrogens with one attached hydrogen (secondary N) is 1. The van der Waals surface area contributed by atoms with Gasteiger partial charge in [-0.3, -0.25) is 5.32 Å². The van der Waals surface area contributed by atoms with E-state index in [0.29, 0.717) is 4.47 Å². The Hall–Kier alpha value is -2.41. The number of benzene rings is 1. The van der Waals surface area contributed by atoms with Gasteiger partial charge in [-0.2, -0.15) is 0 Å². The molecule has 108 valence electrons. The molecule has 0 aliphatic rings. The van der Waals surface area contributed by atoms with E-state index in [4.69, 9.17) is 9.84 Å². The molecule has 7 heteroatoms. The third-order valence-corrected chi connectivity index (χ3v) is 2.95. The minimum absolute atomic E-state index is 0.0660. The summed E-state index contributed by atoms with van der Waals surface area (Å²) in [4.78, 5) is 26.6. The molecule has 0 unspecified atom stereocenters. The highest BCUT2D eigenvalue weighted by Gasteiger charge is 2.15. The third kappa shape index (κ3) is 4.28. The highest BCUT2D eigenvalue weighted by atomic mass is 79.9. The van der Waals surface area contributed by atoms with Crippen LogP contribution in [0.3, 0.4) is 0 Å². The van der Waals surface area contributed by atoms with Gasteiger partial charge in [0.2, 0.25) is 0 Å². The molecule has 0 saturated carbocycles. The predicted molar refractivity (Wildman–Crippen MR) is 79.1 cm³/mol. The Bertz CT molecular complexity index is 661. The van der Waals surface area contributed by atoms with Crippen LogP contribution >= 0.6 is 15.9 Å². The van der Waals surface area contributed by atoms with Gasteiger partial charge < -0.3 is 9.84 Å². The van der Waals surface area contributed by atoms with Crippen LogP contribution in [0.2, 0.25) is 0 Å². The fourth-order valence-corrected chi connectivity index (χ4v) is 1.89. The summed E-state index contributed by atoms with van der Waals surface area (Å²) in [5.41, 5.74) is 0.705. The number of aromatic carboxylic acids is 1. The molecule has 1 aromatic carbocycles. The molecule has 21 heavy (non-hydrogen) atoms. The number of hydrogen-bond donors (Lipinski definition) is 2. The largest absolute Gasteiger partial charge is 0.478 e. The zero-order valence-electron chi connectivity index (χ0n) is 10.7. The molecule has 0 aliphatic heterocycles. The molecule has 2 rings (SSSR count). The van der Waals surface area contributed by atoms with E-state index in [1.54, 1.807) is 0 Å². The third-order valence-electron chi connectivity index (χ3n) is 2.52. The lowest BCUT2D eigenvalue weighted by atomic mass is 10.2. The van der Waals surface area contributed by atoms with Crippen molar-refractivity contribution in [3.63, 3.8) is 0 Å². The van der Waals surface area contributed by atoms with Gasteiger partial charge in [0.15, 0.2) is 0 Å². The Labute approximate surface area is 128 Å². The number of carboxylic acid groups (broad SMARTS) is 1. The molecule has 0 spiro atoms. The first-order chi connectivity index (χ1) is 10.1. The molecule has 1 aromatic heterocycles. The number of carbonyl (C=O) groups excluding carboxylic acids is 1. The normalized spacial score (nSPS) is 9.95. The Morgan fingerprint density at radius 1 is 1.29 bits per heavy atom. The van der Waals surface area contributed by atoms with E-state index < -0.39 is 12.1 Å². The van der Waals surface area contributed by atoms with E-state index in [-0.39, 0.29) is 18.0 Å².